The van der Waals surface area contributed by atoms with Crippen molar-refractivity contribution in [1.29, 1.82) is 0 Å². The molecule has 0 atom stereocenters. The van der Waals surface area contributed by atoms with Crippen molar-refractivity contribution in [1.82, 2.24) is 9.97 Å². The molecule has 0 fully saturated rings. The molecule has 1 aromatic rings. The van der Waals surface area contributed by atoms with Crippen LogP contribution < -0.4 is 15.0 Å². The number of nitrogens with one attached hydrogen (secondary N) is 1. The fourth-order valence-corrected chi connectivity index (χ4v) is 2.06. The standard InChI is InChI=1S/C15H28N4O/c1-7-8-16-14-13(20-6)15(18-10-17-14)19(12(4)5)9-11(2)3/h10-12H,7-9H2,1-6H3,(H,16,17,18). The number of hydrogen-bond donors (Lipinski definition) is 1. The van der Waals surface area contributed by atoms with E-state index in [2.05, 4.69) is 54.8 Å². The van der Waals surface area contributed by atoms with Crippen LogP contribution in [0.2, 0.25) is 0 Å². The SMILES string of the molecule is CCCNc1ncnc(N(CC(C)C)C(C)C)c1OC. The third-order valence-corrected chi connectivity index (χ3v) is 2.99. The first-order chi connectivity index (χ1) is 9.51. The zero-order valence-corrected chi connectivity index (χ0v) is 13.6. The Labute approximate surface area is 122 Å². The van der Waals surface area contributed by atoms with Crippen molar-refractivity contribution in [3.63, 3.8) is 0 Å². The molecule has 0 unspecified atom stereocenters. The van der Waals surface area contributed by atoms with E-state index < -0.39 is 0 Å². The minimum absolute atomic E-state index is 0.361. The summed E-state index contributed by atoms with van der Waals surface area (Å²) in [6.07, 6.45) is 2.65. The Balaban J connectivity index is 3.13. The van der Waals surface area contributed by atoms with E-state index in [1.54, 1.807) is 13.4 Å². The fourth-order valence-electron chi connectivity index (χ4n) is 2.06. The van der Waals surface area contributed by atoms with Crippen LogP contribution in [0.25, 0.3) is 0 Å². The first kappa shape index (κ1) is 16.5. The molecule has 0 saturated carbocycles. The number of methoxy groups -OCH3 is 1. The van der Waals surface area contributed by atoms with Crippen molar-refractivity contribution in [3.05, 3.63) is 6.33 Å². The largest absolute Gasteiger partial charge is 0.490 e. The van der Waals surface area contributed by atoms with Crippen LogP contribution in [0.3, 0.4) is 0 Å². The van der Waals surface area contributed by atoms with Gasteiger partial charge in [-0.3, -0.25) is 0 Å². The molecule has 1 heterocycles. The molecule has 0 spiro atoms. The monoisotopic (exact) mass is 280 g/mol. The van der Waals surface area contributed by atoms with Crippen LogP contribution >= 0.6 is 0 Å². The molecule has 0 aliphatic rings. The van der Waals surface area contributed by atoms with Crippen LogP contribution in [0.4, 0.5) is 11.6 Å². The molecule has 0 aliphatic heterocycles. The number of rotatable bonds is 8. The molecule has 1 rings (SSSR count). The molecule has 0 aromatic carbocycles. The van der Waals surface area contributed by atoms with E-state index in [-0.39, 0.29) is 0 Å². The highest BCUT2D eigenvalue weighted by Crippen LogP contribution is 2.33. The lowest BCUT2D eigenvalue weighted by Crippen LogP contribution is -2.35. The lowest BCUT2D eigenvalue weighted by atomic mass is 10.1. The summed E-state index contributed by atoms with van der Waals surface area (Å²) in [6, 6.07) is 0.361. The maximum absolute atomic E-state index is 5.56. The second-order valence-electron chi connectivity index (χ2n) is 5.65. The predicted molar refractivity (Wildman–Crippen MR) is 84.7 cm³/mol. The lowest BCUT2D eigenvalue weighted by molar-refractivity contribution is 0.409. The number of hydrogen-bond acceptors (Lipinski definition) is 5. The van der Waals surface area contributed by atoms with E-state index in [0.29, 0.717) is 12.0 Å². The van der Waals surface area contributed by atoms with Crippen LogP contribution in [0.1, 0.15) is 41.0 Å². The minimum Gasteiger partial charge on any atom is -0.490 e. The molecular weight excluding hydrogens is 252 g/mol. The van der Waals surface area contributed by atoms with E-state index in [4.69, 9.17) is 4.74 Å². The van der Waals surface area contributed by atoms with E-state index in [0.717, 1.165) is 36.9 Å². The van der Waals surface area contributed by atoms with Gasteiger partial charge in [0.25, 0.3) is 0 Å². The molecule has 5 nitrogen and oxygen atoms in total. The maximum atomic E-state index is 5.56. The molecule has 0 saturated heterocycles. The Morgan fingerprint density at radius 1 is 1.25 bits per heavy atom. The molecule has 5 heteroatoms. The van der Waals surface area contributed by atoms with Gasteiger partial charge in [0.05, 0.1) is 7.11 Å². The van der Waals surface area contributed by atoms with E-state index in [1.165, 1.54) is 0 Å². The summed E-state index contributed by atoms with van der Waals surface area (Å²) >= 11 is 0. The minimum atomic E-state index is 0.361. The Hall–Kier alpha value is -1.52. The second kappa shape index (κ2) is 7.92. The Bertz CT molecular complexity index is 407. The zero-order valence-electron chi connectivity index (χ0n) is 13.6. The summed E-state index contributed by atoms with van der Waals surface area (Å²) in [5.74, 6) is 2.93. The number of anilines is 2. The molecule has 0 radical (unpaired) electrons. The highest BCUT2D eigenvalue weighted by atomic mass is 16.5. The summed E-state index contributed by atoms with van der Waals surface area (Å²) in [6.45, 7) is 12.7. The van der Waals surface area contributed by atoms with Gasteiger partial charge < -0.3 is 15.0 Å². The van der Waals surface area contributed by atoms with Crippen molar-refractivity contribution >= 4 is 11.6 Å². The van der Waals surface area contributed by atoms with Crippen molar-refractivity contribution < 1.29 is 4.74 Å². The van der Waals surface area contributed by atoms with Gasteiger partial charge in [0.2, 0.25) is 5.75 Å². The van der Waals surface area contributed by atoms with Gasteiger partial charge in [0.15, 0.2) is 11.6 Å². The van der Waals surface area contributed by atoms with Gasteiger partial charge in [-0.05, 0) is 26.2 Å². The van der Waals surface area contributed by atoms with Gasteiger partial charge in [-0.25, -0.2) is 9.97 Å². The predicted octanol–water partition coefficient (Wildman–Crippen LogP) is 3.18. The normalized spacial score (nSPS) is 11.0. The summed E-state index contributed by atoms with van der Waals surface area (Å²) in [7, 11) is 1.67. The van der Waals surface area contributed by atoms with Gasteiger partial charge in [-0.2, -0.15) is 0 Å². The van der Waals surface area contributed by atoms with Gasteiger partial charge in [-0.1, -0.05) is 20.8 Å². The first-order valence-electron chi connectivity index (χ1n) is 7.40. The van der Waals surface area contributed by atoms with Gasteiger partial charge in [0.1, 0.15) is 6.33 Å². The van der Waals surface area contributed by atoms with Crippen LogP contribution in [0.15, 0.2) is 6.33 Å². The van der Waals surface area contributed by atoms with Crippen molar-refractivity contribution in [2.75, 3.05) is 30.4 Å². The Morgan fingerprint density at radius 3 is 2.45 bits per heavy atom. The molecule has 0 amide bonds. The lowest BCUT2D eigenvalue weighted by Gasteiger charge is -2.31. The summed E-state index contributed by atoms with van der Waals surface area (Å²) < 4.78 is 5.56. The van der Waals surface area contributed by atoms with Gasteiger partial charge >= 0.3 is 0 Å². The second-order valence-corrected chi connectivity index (χ2v) is 5.65. The van der Waals surface area contributed by atoms with E-state index >= 15 is 0 Å². The topological polar surface area (TPSA) is 50.3 Å². The van der Waals surface area contributed by atoms with Crippen LogP contribution in [0.5, 0.6) is 5.75 Å². The molecule has 114 valence electrons. The zero-order chi connectivity index (χ0) is 15.1. The number of nitrogens with zero attached hydrogens (tertiary/aromatic N) is 3. The van der Waals surface area contributed by atoms with Crippen molar-refractivity contribution in [2.45, 2.75) is 47.1 Å². The third-order valence-electron chi connectivity index (χ3n) is 2.99. The van der Waals surface area contributed by atoms with Crippen LogP contribution in [-0.2, 0) is 0 Å². The quantitative estimate of drug-likeness (QED) is 0.792. The van der Waals surface area contributed by atoms with Crippen molar-refractivity contribution in [2.24, 2.45) is 5.92 Å². The molecule has 1 aromatic heterocycles. The molecule has 1 N–H and O–H groups in total. The highest BCUT2D eigenvalue weighted by molar-refractivity contribution is 5.65. The number of ether oxygens (including phenoxy) is 1. The van der Waals surface area contributed by atoms with Gasteiger partial charge in [-0.15, -0.1) is 0 Å². The average molecular weight is 280 g/mol. The molecular formula is C15H28N4O. The Morgan fingerprint density at radius 2 is 1.95 bits per heavy atom. The maximum Gasteiger partial charge on any atom is 0.204 e. The molecule has 0 aliphatic carbocycles. The van der Waals surface area contributed by atoms with Crippen molar-refractivity contribution in [3.8, 4) is 5.75 Å². The summed E-state index contributed by atoms with van der Waals surface area (Å²) in [5, 5.41) is 3.30. The van der Waals surface area contributed by atoms with Crippen LogP contribution in [0, 0.1) is 5.92 Å². The smallest absolute Gasteiger partial charge is 0.204 e. The fraction of sp³-hybridized carbons (Fsp3) is 0.733. The molecule has 20 heavy (non-hydrogen) atoms. The average Bonchev–Trinajstić information content (AvgIpc) is 2.41. The molecule has 0 bridgehead atoms. The van der Waals surface area contributed by atoms with Crippen LogP contribution in [-0.4, -0.2) is 36.2 Å². The Kier molecular flexibility index (Phi) is 6.55. The first-order valence-corrected chi connectivity index (χ1v) is 7.40. The number of aromatic nitrogens is 2. The highest BCUT2D eigenvalue weighted by Gasteiger charge is 2.21. The van der Waals surface area contributed by atoms with Gasteiger partial charge in [0, 0.05) is 19.1 Å². The van der Waals surface area contributed by atoms with E-state index in [1.807, 2.05) is 0 Å². The summed E-state index contributed by atoms with van der Waals surface area (Å²) in [4.78, 5) is 11.0. The third kappa shape index (κ3) is 4.25. The summed E-state index contributed by atoms with van der Waals surface area (Å²) in [5.41, 5.74) is 0. The van der Waals surface area contributed by atoms with E-state index in [9.17, 15) is 0 Å².